The summed E-state index contributed by atoms with van der Waals surface area (Å²) in [5.41, 5.74) is 1.70. The standard InChI is InChI=1S/C20H20N2O5/c1-2-18(23)14-7-9-15(10-8-14)27-13-19(24)21-16-5-3-4-6-17(16)22-11-12-26-20(22)25/h3-10H,2,11-13H2,1H3,(H,21,24). The van der Waals surface area contributed by atoms with Crippen LogP contribution in [0.4, 0.5) is 16.2 Å². The number of hydrogen-bond donors (Lipinski definition) is 1. The second kappa shape index (κ2) is 8.35. The lowest BCUT2D eigenvalue weighted by atomic mass is 10.1. The molecule has 7 heteroatoms. The summed E-state index contributed by atoms with van der Waals surface area (Å²) in [4.78, 5) is 37.1. The number of ketones is 1. The van der Waals surface area contributed by atoms with Crippen LogP contribution in [0.25, 0.3) is 0 Å². The molecule has 2 aromatic carbocycles. The van der Waals surface area contributed by atoms with Gasteiger partial charge in [0.05, 0.1) is 17.9 Å². The predicted octanol–water partition coefficient (Wildman–Crippen LogP) is 3.25. The fraction of sp³-hybridized carbons (Fsp3) is 0.250. The number of para-hydroxylation sites is 2. The second-order valence-corrected chi connectivity index (χ2v) is 5.92. The highest BCUT2D eigenvalue weighted by Gasteiger charge is 2.25. The van der Waals surface area contributed by atoms with Gasteiger partial charge in [-0.15, -0.1) is 0 Å². The zero-order chi connectivity index (χ0) is 19.2. The molecule has 0 atom stereocenters. The van der Waals surface area contributed by atoms with E-state index in [9.17, 15) is 14.4 Å². The zero-order valence-corrected chi connectivity index (χ0v) is 14.9. The van der Waals surface area contributed by atoms with Crippen LogP contribution in [0.2, 0.25) is 0 Å². The third-order valence-corrected chi connectivity index (χ3v) is 4.10. The van der Waals surface area contributed by atoms with Crippen molar-refractivity contribution in [2.45, 2.75) is 13.3 Å². The van der Waals surface area contributed by atoms with Gasteiger partial charge in [0.15, 0.2) is 12.4 Å². The summed E-state index contributed by atoms with van der Waals surface area (Å²) in [7, 11) is 0. The van der Waals surface area contributed by atoms with Gasteiger partial charge in [-0.25, -0.2) is 4.79 Å². The van der Waals surface area contributed by atoms with E-state index in [-0.39, 0.29) is 18.3 Å². The van der Waals surface area contributed by atoms with Crippen LogP contribution >= 0.6 is 0 Å². The number of nitrogens with zero attached hydrogens (tertiary/aromatic N) is 1. The van der Waals surface area contributed by atoms with Gasteiger partial charge in [-0.05, 0) is 36.4 Å². The van der Waals surface area contributed by atoms with E-state index >= 15 is 0 Å². The van der Waals surface area contributed by atoms with Crippen molar-refractivity contribution in [2.24, 2.45) is 0 Å². The van der Waals surface area contributed by atoms with Gasteiger partial charge in [0.1, 0.15) is 12.4 Å². The maximum atomic E-state index is 12.2. The summed E-state index contributed by atoms with van der Waals surface area (Å²) in [5.74, 6) is 0.189. The Hall–Kier alpha value is -3.35. The molecule has 0 saturated carbocycles. The number of benzene rings is 2. The molecule has 140 valence electrons. The minimum absolute atomic E-state index is 0.0522. The van der Waals surface area contributed by atoms with Crippen molar-refractivity contribution in [1.82, 2.24) is 0 Å². The summed E-state index contributed by atoms with van der Waals surface area (Å²) < 4.78 is 10.4. The SMILES string of the molecule is CCC(=O)c1ccc(OCC(=O)Nc2ccccc2N2CCOC2=O)cc1. The Kier molecular flexibility index (Phi) is 5.71. The van der Waals surface area contributed by atoms with Crippen LogP contribution in [-0.4, -0.2) is 37.5 Å². The van der Waals surface area contributed by atoms with Crippen molar-refractivity contribution < 1.29 is 23.9 Å². The first-order chi connectivity index (χ1) is 13.1. The van der Waals surface area contributed by atoms with Crippen molar-refractivity contribution >= 4 is 29.2 Å². The summed E-state index contributed by atoms with van der Waals surface area (Å²) >= 11 is 0. The number of cyclic esters (lactones) is 1. The molecule has 0 spiro atoms. The molecular formula is C20H20N2O5. The Balaban J connectivity index is 1.60. The molecule has 0 bridgehead atoms. The van der Waals surface area contributed by atoms with Gasteiger partial charge in [-0.2, -0.15) is 0 Å². The van der Waals surface area contributed by atoms with Crippen LogP contribution in [0.3, 0.4) is 0 Å². The molecule has 2 aromatic rings. The average molecular weight is 368 g/mol. The van der Waals surface area contributed by atoms with Gasteiger partial charge in [-0.1, -0.05) is 19.1 Å². The Morgan fingerprint density at radius 1 is 1.15 bits per heavy atom. The molecule has 2 amide bonds. The second-order valence-electron chi connectivity index (χ2n) is 5.92. The molecule has 0 unspecified atom stereocenters. The normalized spacial score (nSPS) is 13.2. The van der Waals surface area contributed by atoms with Crippen LogP contribution in [0, 0.1) is 0 Å². The van der Waals surface area contributed by atoms with Gasteiger partial charge in [0.25, 0.3) is 5.91 Å². The first kappa shape index (κ1) is 18.4. The Labute approximate surface area is 156 Å². The number of anilines is 2. The van der Waals surface area contributed by atoms with Gasteiger partial charge >= 0.3 is 6.09 Å². The van der Waals surface area contributed by atoms with E-state index in [1.165, 1.54) is 4.90 Å². The average Bonchev–Trinajstić information content (AvgIpc) is 3.12. The number of amides is 2. The van der Waals surface area contributed by atoms with Gasteiger partial charge in [-0.3, -0.25) is 14.5 Å². The van der Waals surface area contributed by atoms with E-state index < -0.39 is 6.09 Å². The maximum Gasteiger partial charge on any atom is 0.414 e. The van der Waals surface area contributed by atoms with Crippen LogP contribution in [0.5, 0.6) is 5.75 Å². The number of nitrogens with one attached hydrogen (secondary N) is 1. The van der Waals surface area contributed by atoms with E-state index in [1.54, 1.807) is 55.5 Å². The molecule has 1 saturated heterocycles. The van der Waals surface area contributed by atoms with Crippen molar-refractivity contribution in [3.8, 4) is 5.75 Å². The summed E-state index contributed by atoms with van der Waals surface area (Å²) in [5, 5.41) is 2.75. The van der Waals surface area contributed by atoms with E-state index in [2.05, 4.69) is 5.32 Å². The number of carbonyl (C=O) groups excluding carboxylic acids is 3. The third-order valence-electron chi connectivity index (χ3n) is 4.10. The minimum Gasteiger partial charge on any atom is -0.484 e. The smallest absolute Gasteiger partial charge is 0.414 e. The highest BCUT2D eigenvalue weighted by molar-refractivity contribution is 6.00. The number of Topliss-reactive ketones (excluding diaryl/α,β-unsaturated/α-hetero) is 1. The van der Waals surface area contributed by atoms with Crippen molar-refractivity contribution in [3.05, 3.63) is 54.1 Å². The van der Waals surface area contributed by atoms with Gasteiger partial charge < -0.3 is 14.8 Å². The number of rotatable bonds is 7. The largest absolute Gasteiger partial charge is 0.484 e. The van der Waals surface area contributed by atoms with E-state index in [1.807, 2.05) is 0 Å². The topological polar surface area (TPSA) is 84.9 Å². The molecule has 7 nitrogen and oxygen atoms in total. The van der Waals surface area contributed by atoms with Crippen molar-refractivity contribution in [1.29, 1.82) is 0 Å². The molecule has 0 aliphatic carbocycles. The lowest BCUT2D eigenvalue weighted by molar-refractivity contribution is -0.118. The molecule has 0 radical (unpaired) electrons. The first-order valence-corrected chi connectivity index (χ1v) is 8.67. The van der Waals surface area contributed by atoms with Crippen LogP contribution in [-0.2, 0) is 9.53 Å². The van der Waals surface area contributed by atoms with Crippen LogP contribution < -0.4 is 15.0 Å². The predicted molar refractivity (Wildman–Crippen MR) is 100 cm³/mol. The number of ether oxygens (including phenoxy) is 2. The zero-order valence-electron chi connectivity index (χ0n) is 14.9. The molecule has 1 N–H and O–H groups in total. The van der Waals surface area contributed by atoms with Crippen LogP contribution in [0.1, 0.15) is 23.7 Å². The first-order valence-electron chi connectivity index (χ1n) is 8.67. The highest BCUT2D eigenvalue weighted by Crippen LogP contribution is 2.28. The number of hydrogen-bond acceptors (Lipinski definition) is 5. The maximum absolute atomic E-state index is 12.2. The fourth-order valence-corrected chi connectivity index (χ4v) is 2.70. The third kappa shape index (κ3) is 4.44. The van der Waals surface area contributed by atoms with Gasteiger partial charge in [0.2, 0.25) is 0 Å². The minimum atomic E-state index is -0.435. The van der Waals surface area contributed by atoms with E-state index in [4.69, 9.17) is 9.47 Å². The van der Waals surface area contributed by atoms with Crippen molar-refractivity contribution in [3.63, 3.8) is 0 Å². The molecule has 0 aromatic heterocycles. The Morgan fingerprint density at radius 3 is 2.56 bits per heavy atom. The van der Waals surface area contributed by atoms with Gasteiger partial charge in [0, 0.05) is 12.0 Å². The summed E-state index contributed by atoms with van der Waals surface area (Å²) in [6.07, 6.45) is 0.00159. The molecule has 27 heavy (non-hydrogen) atoms. The Morgan fingerprint density at radius 2 is 1.89 bits per heavy atom. The monoisotopic (exact) mass is 368 g/mol. The van der Waals surface area contributed by atoms with Crippen molar-refractivity contribution in [2.75, 3.05) is 30.0 Å². The van der Waals surface area contributed by atoms with E-state index in [0.717, 1.165) is 0 Å². The summed E-state index contributed by atoms with van der Waals surface area (Å²) in [6.45, 7) is 2.36. The van der Waals surface area contributed by atoms with Crippen LogP contribution in [0.15, 0.2) is 48.5 Å². The van der Waals surface area contributed by atoms with E-state index in [0.29, 0.717) is 42.3 Å². The molecule has 1 heterocycles. The lowest BCUT2D eigenvalue weighted by Gasteiger charge is -2.17. The lowest BCUT2D eigenvalue weighted by Crippen LogP contribution is -2.26. The highest BCUT2D eigenvalue weighted by atomic mass is 16.6. The Bertz CT molecular complexity index is 848. The fourth-order valence-electron chi connectivity index (χ4n) is 2.70. The number of carbonyl (C=O) groups is 3. The quantitative estimate of drug-likeness (QED) is 0.758. The molecule has 1 aliphatic rings. The molecule has 1 fully saturated rings. The molecule has 1 aliphatic heterocycles. The summed E-state index contributed by atoms with van der Waals surface area (Å²) in [6, 6.07) is 13.7. The molecule has 3 rings (SSSR count). The molecular weight excluding hydrogens is 348 g/mol.